The highest BCUT2D eigenvalue weighted by Crippen LogP contribution is 2.69. The Kier molecular flexibility index (Phi) is 7.57. The number of hydrogen-bond donors (Lipinski definition) is 1. The second kappa shape index (κ2) is 10.8. The summed E-state index contributed by atoms with van der Waals surface area (Å²) in [5, 5.41) is 12.6. The van der Waals surface area contributed by atoms with E-state index < -0.39 is 76.9 Å². The van der Waals surface area contributed by atoms with Crippen molar-refractivity contribution >= 4 is 23.7 Å². The molecule has 3 aliphatic heterocycles. The summed E-state index contributed by atoms with van der Waals surface area (Å²) in [6, 6.07) is 0. The topological polar surface area (TPSA) is 153 Å². The van der Waals surface area contributed by atoms with Gasteiger partial charge in [0.15, 0.2) is 12.2 Å². The highest BCUT2D eigenvalue weighted by molar-refractivity contribution is 5.87. The van der Waals surface area contributed by atoms with E-state index in [4.69, 9.17) is 33.2 Å². The zero-order valence-corrected chi connectivity index (χ0v) is 27.4. The molecule has 2 saturated heterocycles. The summed E-state index contributed by atoms with van der Waals surface area (Å²) in [6.45, 7) is 8.64. The van der Waals surface area contributed by atoms with E-state index in [2.05, 4.69) is 6.92 Å². The first kappa shape index (κ1) is 32.2. The van der Waals surface area contributed by atoms with E-state index in [0.717, 1.165) is 12.0 Å². The molecule has 1 N–H and O–H groups in total. The van der Waals surface area contributed by atoms with Crippen LogP contribution in [0.1, 0.15) is 79.6 Å². The number of methoxy groups -OCH3 is 1. The molecular weight excluding hydrogens is 600 g/mol. The Morgan fingerprint density at radius 2 is 1.80 bits per heavy atom. The van der Waals surface area contributed by atoms with Crippen molar-refractivity contribution in [2.75, 3.05) is 13.7 Å². The summed E-state index contributed by atoms with van der Waals surface area (Å²) in [5.41, 5.74) is -1.43. The number of ether oxygens (including phenoxy) is 7. The molecule has 0 amide bonds. The van der Waals surface area contributed by atoms with Crippen LogP contribution in [0.4, 0.5) is 0 Å². The van der Waals surface area contributed by atoms with Gasteiger partial charge in [-0.2, -0.15) is 0 Å². The van der Waals surface area contributed by atoms with E-state index in [1.54, 1.807) is 13.0 Å². The Labute approximate surface area is 268 Å². The maximum Gasteiger partial charge on any atom is 0.331 e. The zero-order valence-electron chi connectivity index (χ0n) is 27.4. The van der Waals surface area contributed by atoms with Gasteiger partial charge in [0.05, 0.1) is 23.9 Å². The molecule has 7 rings (SSSR count). The van der Waals surface area contributed by atoms with Crippen LogP contribution in [0.5, 0.6) is 0 Å². The molecule has 0 spiro atoms. The van der Waals surface area contributed by atoms with Crippen molar-refractivity contribution < 1.29 is 57.4 Å². The molecule has 12 nitrogen and oxygen atoms in total. The Morgan fingerprint density at radius 3 is 2.46 bits per heavy atom. The van der Waals surface area contributed by atoms with E-state index in [-0.39, 0.29) is 42.5 Å². The molecule has 14 atom stereocenters. The van der Waals surface area contributed by atoms with Crippen LogP contribution in [0.25, 0.3) is 0 Å². The number of Topliss-reactive ketones (excluding diaryl/α,β-unsaturated/α-hetero) is 1. The van der Waals surface area contributed by atoms with Crippen molar-refractivity contribution in [3.8, 4) is 0 Å². The molecule has 7 aliphatic rings. The van der Waals surface area contributed by atoms with Crippen molar-refractivity contribution in [3.63, 3.8) is 0 Å². The Morgan fingerprint density at radius 1 is 1.04 bits per heavy atom. The lowest BCUT2D eigenvalue weighted by Gasteiger charge is -2.65. The standard InChI is InChI=1S/C34H46O12/c1-16-28(43-17(2)35)29(40-6)34(45-18(3)36)30(42-16)44-24-12-20-7-8-22-27(31(20,4)14-25(24)46-34)23(37)13-32(5)21(9-10-33(22,32)39)19-11-26(38)41-15-19/h11,16,20-22,24-25,27-30,39H,7-10,12-15H2,1-6H3/t16-,20-,21-,22-,24-,25-,27-,28+,29-,30+,31+,32-,33+,34+/m1/s1. The number of hydrogen-bond acceptors (Lipinski definition) is 12. The lowest BCUT2D eigenvalue weighted by Crippen LogP contribution is -2.75. The van der Waals surface area contributed by atoms with Crippen molar-refractivity contribution in [3.05, 3.63) is 11.6 Å². The average molecular weight is 647 g/mol. The first-order chi connectivity index (χ1) is 21.7. The number of aliphatic hydroxyl groups is 1. The SMILES string of the molecule is CO[C@@H]1[C@@H](OC(C)=O)[C@@H](C)O[C@H]2O[C@@H]3C[C@H]4CC[C@@H]5[C@H](C(=O)C[C@]6(C)[C@@H](C7=CC(=O)OC7)CC[C@]56O)[C@@]4(C)C[C@H]3O[C@]21OC(C)=O. The fourth-order valence-electron chi connectivity index (χ4n) is 11.1. The number of fused-ring (bicyclic) bond motifs is 7. The third-order valence-electron chi connectivity index (χ3n) is 13.0. The van der Waals surface area contributed by atoms with Crippen LogP contribution in [0.2, 0.25) is 0 Å². The quantitative estimate of drug-likeness (QED) is 0.272. The molecule has 3 heterocycles. The van der Waals surface area contributed by atoms with Crippen molar-refractivity contribution in [1.29, 1.82) is 0 Å². The van der Waals surface area contributed by atoms with Gasteiger partial charge in [0, 0.05) is 44.8 Å². The maximum atomic E-state index is 14.4. The minimum absolute atomic E-state index is 0.101. The molecule has 4 aliphatic carbocycles. The molecule has 0 radical (unpaired) electrons. The maximum absolute atomic E-state index is 14.4. The molecular formula is C34H46O12. The molecule has 0 bridgehead atoms. The van der Waals surface area contributed by atoms with Crippen molar-refractivity contribution in [1.82, 2.24) is 0 Å². The number of carbonyl (C=O) groups is 4. The van der Waals surface area contributed by atoms with Crippen molar-refractivity contribution in [2.24, 2.45) is 34.5 Å². The fraction of sp³-hybridized carbons (Fsp3) is 0.824. The van der Waals surface area contributed by atoms with Crippen LogP contribution in [0.3, 0.4) is 0 Å². The second-order valence-electron chi connectivity index (χ2n) is 15.3. The molecule has 0 aromatic carbocycles. The van der Waals surface area contributed by atoms with E-state index in [1.807, 2.05) is 6.92 Å². The normalized spacial score (nSPS) is 51.0. The average Bonchev–Trinajstić information content (AvgIpc) is 3.50. The summed E-state index contributed by atoms with van der Waals surface area (Å²) < 4.78 is 42.0. The predicted molar refractivity (Wildman–Crippen MR) is 156 cm³/mol. The van der Waals surface area contributed by atoms with Crippen LogP contribution >= 0.6 is 0 Å². The van der Waals surface area contributed by atoms with Gasteiger partial charge in [-0.3, -0.25) is 14.4 Å². The summed E-state index contributed by atoms with van der Waals surface area (Å²) in [4.78, 5) is 51.0. The summed E-state index contributed by atoms with van der Waals surface area (Å²) in [6.07, 6.45) is 0.835. The first-order valence-corrected chi connectivity index (χ1v) is 16.7. The molecule has 12 heteroatoms. The van der Waals surface area contributed by atoms with Crippen molar-refractivity contribution in [2.45, 2.75) is 128 Å². The molecule has 6 fully saturated rings. The van der Waals surface area contributed by atoms with Gasteiger partial charge in [-0.15, -0.1) is 0 Å². The molecule has 0 unspecified atom stereocenters. The summed E-state index contributed by atoms with van der Waals surface area (Å²) in [7, 11) is 1.43. The van der Waals surface area contributed by atoms with Crippen LogP contribution in [-0.4, -0.2) is 90.7 Å². The number of rotatable bonds is 4. The van der Waals surface area contributed by atoms with E-state index in [9.17, 15) is 24.3 Å². The Bertz CT molecular complexity index is 1360. The molecule has 46 heavy (non-hydrogen) atoms. The largest absolute Gasteiger partial charge is 0.458 e. The summed E-state index contributed by atoms with van der Waals surface area (Å²) in [5.74, 6) is -3.91. The van der Waals surface area contributed by atoms with Crippen LogP contribution in [0.15, 0.2) is 11.6 Å². The van der Waals surface area contributed by atoms with E-state index in [0.29, 0.717) is 32.1 Å². The third-order valence-corrected chi connectivity index (χ3v) is 13.0. The van der Waals surface area contributed by atoms with Crippen LogP contribution < -0.4 is 0 Å². The van der Waals surface area contributed by atoms with E-state index in [1.165, 1.54) is 21.0 Å². The molecule has 254 valence electrons. The third kappa shape index (κ3) is 4.42. The monoisotopic (exact) mass is 646 g/mol. The van der Waals surface area contributed by atoms with Gasteiger partial charge in [0.1, 0.15) is 12.4 Å². The minimum atomic E-state index is -1.85. The van der Waals surface area contributed by atoms with Crippen LogP contribution in [0, 0.1) is 34.5 Å². The molecule has 4 saturated carbocycles. The highest BCUT2D eigenvalue weighted by atomic mass is 16.8. The van der Waals surface area contributed by atoms with Gasteiger partial charge in [-0.25, -0.2) is 4.79 Å². The number of esters is 3. The number of ketones is 1. The number of cyclic esters (lactones) is 1. The smallest absolute Gasteiger partial charge is 0.331 e. The minimum Gasteiger partial charge on any atom is -0.458 e. The highest BCUT2D eigenvalue weighted by Gasteiger charge is 2.73. The van der Waals surface area contributed by atoms with E-state index >= 15 is 0 Å². The Hall–Kier alpha value is -2.38. The van der Waals surface area contributed by atoms with Gasteiger partial charge in [-0.05, 0) is 74.2 Å². The molecule has 0 aromatic rings. The fourth-order valence-corrected chi connectivity index (χ4v) is 11.1. The zero-order chi connectivity index (χ0) is 33.0. The van der Waals surface area contributed by atoms with Gasteiger partial charge >= 0.3 is 17.9 Å². The lowest BCUT2D eigenvalue weighted by atomic mass is 9.42. The van der Waals surface area contributed by atoms with Crippen LogP contribution in [-0.2, 0) is 52.3 Å². The van der Waals surface area contributed by atoms with Gasteiger partial charge in [0.25, 0.3) is 5.79 Å². The van der Waals surface area contributed by atoms with Gasteiger partial charge < -0.3 is 38.3 Å². The Balaban J connectivity index is 1.21. The van der Waals surface area contributed by atoms with Gasteiger partial charge in [0.2, 0.25) is 6.29 Å². The second-order valence-corrected chi connectivity index (χ2v) is 15.3. The first-order valence-electron chi connectivity index (χ1n) is 16.7. The number of carbonyl (C=O) groups excluding carboxylic acids is 4. The predicted octanol–water partition coefficient (Wildman–Crippen LogP) is 2.77. The van der Waals surface area contributed by atoms with Gasteiger partial charge in [-0.1, -0.05) is 13.8 Å². The lowest BCUT2D eigenvalue weighted by molar-refractivity contribution is -0.469. The summed E-state index contributed by atoms with van der Waals surface area (Å²) >= 11 is 0. The molecule has 0 aromatic heterocycles.